The molecule has 0 radical (unpaired) electrons. The first-order valence-corrected chi connectivity index (χ1v) is 8.29. The third-order valence-corrected chi connectivity index (χ3v) is 3.43. The lowest BCUT2D eigenvalue weighted by Crippen LogP contribution is -2.39. The van der Waals surface area contributed by atoms with Crippen LogP contribution in [0.15, 0.2) is 59.6 Å². The normalized spacial score (nSPS) is 11.0. The molecule has 0 fully saturated rings. The standard InChI is InChI=1S/C19H23FN4O/c1-2-21-19(22-13-12-15-8-6-7-11-17(15)20)23-14-18(25)24-16-9-4-3-5-10-16/h3-11H,2,12-14H2,1H3,(H,24,25)(H2,21,22,23). The van der Waals surface area contributed by atoms with Gasteiger partial charge >= 0.3 is 0 Å². The molecule has 0 aliphatic carbocycles. The monoisotopic (exact) mass is 342 g/mol. The number of hydrogen-bond donors (Lipinski definition) is 3. The fourth-order valence-electron chi connectivity index (χ4n) is 2.23. The molecule has 0 aliphatic rings. The minimum absolute atomic E-state index is 0.00389. The second-order valence-electron chi connectivity index (χ2n) is 5.38. The molecule has 1 amide bonds. The van der Waals surface area contributed by atoms with Crippen LogP contribution in [-0.4, -0.2) is 31.5 Å². The number of benzene rings is 2. The van der Waals surface area contributed by atoms with E-state index in [0.29, 0.717) is 31.0 Å². The maximum absolute atomic E-state index is 13.6. The molecule has 132 valence electrons. The van der Waals surface area contributed by atoms with Gasteiger partial charge in [0.25, 0.3) is 0 Å². The molecular weight excluding hydrogens is 319 g/mol. The van der Waals surface area contributed by atoms with E-state index in [1.807, 2.05) is 43.3 Å². The average molecular weight is 342 g/mol. The van der Waals surface area contributed by atoms with Gasteiger partial charge in [-0.25, -0.2) is 9.38 Å². The van der Waals surface area contributed by atoms with Gasteiger partial charge in [-0.2, -0.15) is 0 Å². The Morgan fingerprint density at radius 2 is 1.76 bits per heavy atom. The number of halogens is 1. The van der Waals surface area contributed by atoms with Gasteiger partial charge in [0.15, 0.2) is 5.96 Å². The van der Waals surface area contributed by atoms with Crippen LogP contribution >= 0.6 is 0 Å². The van der Waals surface area contributed by atoms with Gasteiger partial charge in [0.05, 0.1) is 0 Å². The van der Waals surface area contributed by atoms with E-state index in [2.05, 4.69) is 20.9 Å². The number of guanidine groups is 1. The summed E-state index contributed by atoms with van der Waals surface area (Å²) in [4.78, 5) is 16.2. The summed E-state index contributed by atoms with van der Waals surface area (Å²) in [5, 5.41) is 8.95. The van der Waals surface area contributed by atoms with Crippen molar-refractivity contribution in [2.75, 3.05) is 25.0 Å². The van der Waals surface area contributed by atoms with Crippen LogP contribution in [0.2, 0.25) is 0 Å². The number of amides is 1. The van der Waals surface area contributed by atoms with Crippen molar-refractivity contribution in [1.82, 2.24) is 10.6 Å². The predicted molar refractivity (Wildman–Crippen MR) is 99.2 cm³/mol. The van der Waals surface area contributed by atoms with Gasteiger partial charge in [-0.15, -0.1) is 0 Å². The zero-order valence-electron chi connectivity index (χ0n) is 14.3. The summed E-state index contributed by atoms with van der Waals surface area (Å²) in [5.74, 6) is 0.119. The van der Waals surface area contributed by atoms with Gasteiger partial charge in [0, 0.05) is 18.8 Å². The highest BCUT2D eigenvalue weighted by Crippen LogP contribution is 2.06. The van der Waals surface area contributed by atoms with Crippen molar-refractivity contribution in [2.24, 2.45) is 4.99 Å². The number of anilines is 1. The molecule has 2 aromatic rings. The molecule has 0 unspecified atom stereocenters. The van der Waals surface area contributed by atoms with Crippen LogP contribution in [0.25, 0.3) is 0 Å². The van der Waals surface area contributed by atoms with Gasteiger partial charge in [0.1, 0.15) is 12.4 Å². The fourth-order valence-corrected chi connectivity index (χ4v) is 2.23. The smallest absolute Gasteiger partial charge is 0.246 e. The lowest BCUT2D eigenvalue weighted by Gasteiger charge is -2.11. The number of carbonyl (C=O) groups is 1. The van der Waals surface area contributed by atoms with Crippen LogP contribution in [0.4, 0.5) is 10.1 Å². The van der Waals surface area contributed by atoms with Crippen LogP contribution in [0.3, 0.4) is 0 Å². The molecule has 0 bridgehead atoms. The number of carbonyl (C=O) groups excluding carboxylic acids is 1. The zero-order chi connectivity index (χ0) is 17.9. The van der Waals surface area contributed by atoms with E-state index in [4.69, 9.17) is 0 Å². The Labute approximate surface area is 147 Å². The van der Waals surface area contributed by atoms with Gasteiger partial charge in [-0.3, -0.25) is 4.79 Å². The molecule has 0 aromatic heterocycles. The topological polar surface area (TPSA) is 65.5 Å². The summed E-state index contributed by atoms with van der Waals surface area (Å²) in [6, 6.07) is 15.9. The Balaban J connectivity index is 1.83. The van der Waals surface area contributed by atoms with Crippen molar-refractivity contribution >= 4 is 17.6 Å². The van der Waals surface area contributed by atoms with E-state index in [-0.39, 0.29) is 18.3 Å². The number of nitrogens with one attached hydrogen (secondary N) is 3. The van der Waals surface area contributed by atoms with E-state index >= 15 is 0 Å². The Hall–Kier alpha value is -2.89. The SMILES string of the molecule is CCNC(=NCC(=O)Nc1ccccc1)NCCc1ccccc1F. The highest BCUT2D eigenvalue weighted by Gasteiger charge is 2.04. The quantitative estimate of drug-likeness (QED) is 0.535. The second-order valence-corrected chi connectivity index (χ2v) is 5.38. The predicted octanol–water partition coefficient (Wildman–Crippen LogP) is 2.56. The number of hydrogen-bond acceptors (Lipinski definition) is 2. The molecule has 0 heterocycles. The molecule has 3 N–H and O–H groups in total. The molecule has 2 aromatic carbocycles. The summed E-state index contributed by atoms with van der Waals surface area (Å²) >= 11 is 0. The van der Waals surface area contributed by atoms with E-state index < -0.39 is 0 Å². The molecule has 25 heavy (non-hydrogen) atoms. The fraction of sp³-hybridized carbons (Fsp3) is 0.263. The van der Waals surface area contributed by atoms with E-state index in [9.17, 15) is 9.18 Å². The number of rotatable bonds is 7. The largest absolute Gasteiger partial charge is 0.357 e. The van der Waals surface area contributed by atoms with E-state index in [0.717, 1.165) is 5.69 Å². The van der Waals surface area contributed by atoms with Crippen LogP contribution in [0.5, 0.6) is 0 Å². The van der Waals surface area contributed by atoms with Crippen molar-refractivity contribution in [2.45, 2.75) is 13.3 Å². The Morgan fingerprint density at radius 1 is 1.04 bits per heavy atom. The molecule has 6 heteroatoms. The van der Waals surface area contributed by atoms with Crippen LogP contribution in [0.1, 0.15) is 12.5 Å². The van der Waals surface area contributed by atoms with Crippen LogP contribution < -0.4 is 16.0 Å². The highest BCUT2D eigenvalue weighted by molar-refractivity contribution is 5.94. The van der Waals surface area contributed by atoms with Crippen molar-refractivity contribution in [3.8, 4) is 0 Å². The second kappa shape index (κ2) is 10.1. The summed E-state index contributed by atoms with van der Waals surface area (Å²) in [6.07, 6.45) is 0.535. The number of para-hydroxylation sites is 1. The lowest BCUT2D eigenvalue weighted by molar-refractivity contribution is -0.114. The average Bonchev–Trinajstić information content (AvgIpc) is 2.62. The Bertz CT molecular complexity index is 704. The summed E-state index contributed by atoms with van der Waals surface area (Å²) in [7, 11) is 0. The molecule has 5 nitrogen and oxygen atoms in total. The first kappa shape index (κ1) is 18.4. The van der Waals surface area contributed by atoms with E-state index in [1.54, 1.807) is 12.1 Å². The van der Waals surface area contributed by atoms with E-state index in [1.165, 1.54) is 6.07 Å². The number of aliphatic imine (C=N–C) groups is 1. The molecule has 0 atom stereocenters. The van der Waals surface area contributed by atoms with Crippen molar-refractivity contribution in [1.29, 1.82) is 0 Å². The van der Waals surface area contributed by atoms with Crippen molar-refractivity contribution in [3.63, 3.8) is 0 Å². The van der Waals surface area contributed by atoms with Crippen molar-refractivity contribution in [3.05, 3.63) is 66.0 Å². The molecule has 0 aliphatic heterocycles. The van der Waals surface area contributed by atoms with Gasteiger partial charge in [-0.1, -0.05) is 36.4 Å². The van der Waals surface area contributed by atoms with Gasteiger partial charge in [-0.05, 0) is 37.1 Å². The van der Waals surface area contributed by atoms with Gasteiger partial charge < -0.3 is 16.0 Å². The summed E-state index contributed by atoms with van der Waals surface area (Å²) in [5.41, 5.74) is 1.38. The minimum Gasteiger partial charge on any atom is -0.357 e. The molecule has 2 rings (SSSR count). The minimum atomic E-state index is -0.214. The third kappa shape index (κ3) is 6.63. The molecule has 0 spiro atoms. The number of nitrogens with zero attached hydrogens (tertiary/aromatic N) is 1. The molecule has 0 saturated heterocycles. The first-order chi connectivity index (χ1) is 12.2. The Morgan fingerprint density at radius 3 is 2.48 bits per heavy atom. The first-order valence-electron chi connectivity index (χ1n) is 8.29. The van der Waals surface area contributed by atoms with Gasteiger partial charge in [0.2, 0.25) is 5.91 Å². The maximum Gasteiger partial charge on any atom is 0.246 e. The third-order valence-electron chi connectivity index (χ3n) is 3.43. The van der Waals surface area contributed by atoms with Crippen molar-refractivity contribution < 1.29 is 9.18 Å². The Kier molecular flexibility index (Phi) is 7.43. The maximum atomic E-state index is 13.6. The lowest BCUT2D eigenvalue weighted by atomic mass is 10.1. The molecular formula is C19H23FN4O. The van der Waals surface area contributed by atoms with Crippen LogP contribution in [-0.2, 0) is 11.2 Å². The highest BCUT2D eigenvalue weighted by atomic mass is 19.1. The summed E-state index contributed by atoms with van der Waals surface area (Å²) < 4.78 is 13.6. The zero-order valence-corrected chi connectivity index (χ0v) is 14.3. The summed E-state index contributed by atoms with van der Waals surface area (Å²) in [6.45, 7) is 3.14. The molecule has 0 saturated carbocycles. The van der Waals surface area contributed by atoms with Crippen LogP contribution in [0, 0.1) is 5.82 Å².